The van der Waals surface area contributed by atoms with Crippen molar-refractivity contribution in [3.05, 3.63) is 0 Å². The molecule has 0 bridgehead atoms. The molecule has 1 N–H and O–H groups in total. The van der Waals surface area contributed by atoms with Crippen LogP contribution in [0, 0.1) is 0 Å². The molecule has 0 aliphatic heterocycles. The Bertz CT molecular complexity index is 401. The average Bonchev–Trinajstić information content (AvgIpc) is 2.58. The molecule has 0 spiro atoms. The van der Waals surface area contributed by atoms with E-state index in [1.54, 1.807) is 0 Å². The maximum Gasteiger partial charge on any atom is 1.00 e. The molecule has 2 atom stereocenters. The maximum atomic E-state index is 11.3. The zero-order valence-electron chi connectivity index (χ0n) is 18.3. The fourth-order valence-corrected chi connectivity index (χ4v) is 4.37. The van der Waals surface area contributed by atoms with E-state index in [1.165, 1.54) is 64.2 Å². The van der Waals surface area contributed by atoms with Gasteiger partial charge in [0.25, 0.3) is 0 Å². The molecule has 0 radical (unpaired) electrons. The van der Waals surface area contributed by atoms with Gasteiger partial charge in [-0.1, -0.05) is 104 Å². The quantitative estimate of drug-likeness (QED) is 0.200. The zero-order chi connectivity index (χ0) is 19.7. The number of unbranched alkanes of at least 4 members (excludes halogenated alkanes) is 12. The molecule has 4 nitrogen and oxygen atoms in total. The number of aliphatic hydroxyl groups is 1. The van der Waals surface area contributed by atoms with Gasteiger partial charge in [-0.05, 0) is 19.3 Å². The number of hydrogen-bond acceptors (Lipinski definition) is 4. The Hall–Kier alpha value is 0.870. The topological polar surface area (TPSA) is 77.4 Å². The van der Waals surface area contributed by atoms with Gasteiger partial charge in [0.05, 0.1) is 21.5 Å². The molecule has 158 valence electrons. The van der Waals surface area contributed by atoms with Crippen LogP contribution in [0.25, 0.3) is 0 Å². The molecule has 0 aromatic rings. The van der Waals surface area contributed by atoms with Crippen molar-refractivity contribution in [1.29, 1.82) is 0 Å². The summed E-state index contributed by atoms with van der Waals surface area (Å²) in [7, 11) is -4.30. The number of hydrogen-bond donors (Lipinski definition) is 1. The Morgan fingerprint density at radius 2 is 1.11 bits per heavy atom. The number of aliphatic hydroxyl groups excluding tert-OH is 1. The fraction of sp³-hybridized carbons (Fsp3) is 1.00. The Morgan fingerprint density at radius 1 is 0.704 bits per heavy atom. The minimum atomic E-state index is -4.30. The Labute approximate surface area is 191 Å². The summed E-state index contributed by atoms with van der Waals surface area (Å²) in [4.78, 5) is 0. The smallest absolute Gasteiger partial charge is 0.748 e. The van der Waals surface area contributed by atoms with Gasteiger partial charge in [0.1, 0.15) is 0 Å². The van der Waals surface area contributed by atoms with E-state index in [2.05, 4.69) is 6.92 Å². The molecule has 0 amide bonds. The number of rotatable bonds is 19. The van der Waals surface area contributed by atoms with Crippen LogP contribution in [0.3, 0.4) is 0 Å². The van der Waals surface area contributed by atoms with Gasteiger partial charge in [0, 0.05) is 0 Å². The molecule has 0 rings (SSSR count). The third-order valence-corrected chi connectivity index (χ3v) is 6.46. The fourth-order valence-electron chi connectivity index (χ4n) is 3.45. The van der Waals surface area contributed by atoms with E-state index in [-0.39, 0.29) is 36.0 Å². The first-order chi connectivity index (χ1) is 12.4. The largest absolute Gasteiger partial charge is 1.00 e. The molecule has 0 saturated carbocycles. The standard InChI is InChI=1S/C21H44O4S.Na/c1-3-5-7-8-9-10-11-12-13-14-15-16-17-20(22)19-21(18-6-4-2)26(23,24)25;/h20-22H,3-19H2,1-2H3,(H,23,24,25);/q;+1/p-1. The second-order valence-electron chi connectivity index (χ2n) is 7.82. The molecule has 0 aliphatic carbocycles. The third-order valence-electron chi connectivity index (χ3n) is 5.21. The first-order valence-corrected chi connectivity index (χ1v) is 12.5. The summed E-state index contributed by atoms with van der Waals surface area (Å²) in [5.41, 5.74) is 0. The molecule has 0 heterocycles. The average molecular weight is 415 g/mol. The van der Waals surface area contributed by atoms with Crippen LogP contribution in [-0.4, -0.2) is 29.4 Å². The van der Waals surface area contributed by atoms with E-state index in [0.29, 0.717) is 12.8 Å². The van der Waals surface area contributed by atoms with Crippen LogP contribution in [0.5, 0.6) is 0 Å². The summed E-state index contributed by atoms with van der Waals surface area (Å²) >= 11 is 0. The Balaban J connectivity index is 0. The van der Waals surface area contributed by atoms with Crippen LogP contribution >= 0.6 is 0 Å². The molecular weight excluding hydrogens is 371 g/mol. The van der Waals surface area contributed by atoms with Gasteiger partial charge in [0.15, 0.2) is 0 Å². The summed E-state index contributed by atoms with van der Waals surface area (Å²) < 4.78 is 33.8. The molecule has 0 saturated heterocycles. The van der Waals surface area contributed by atoms with Crippen molar-refractivity contribution in [2.75, 3.05) is 0 Å². The van der Waals surface area contributed by atoms with Crippen molar-refractivity contribution in [3.8, 4) is 0 Å². The van der Waals surface area contributed by atoms with Crippen molar-refractivity contribution in [3.63, 3.8) is 0 Å². The van der Waals surface area contributed by atoms with Crippen LogP contribution in [0.1, 0.15) is 123 Å². The van der Waals surface area contributed by atoms with Gasteiger partial charge in [-0.2, -0.15) is 0 Å². The normalized spacial score (nSPS) is 13.9. The maximum absolute atomic E-state index is 11.3. The van der Waals surface area contributed by atoms with Crippen molar-refractivity contribution in [1.82, 2.24) is 0 Å². The van der Waals surface area contributed by atoms with Gasteiger partial charge in [-0.3, -0.25) is 0 Å². The summed E-state index contributed by atoms with van der Waals surface area (Å²) in [5, 5.41) is 9.12. The van der Waals surface area contributed by atoms with E-state index in [0.717, 1.165) is 25.7 Å². The van der Waals surface area contributed by atoms with Crippen LogP contribution in [0.15, 0.2) is 0 Å². The second kappa shape index (κ2) is 20.2. The summed E-state index contributed by atoms with van der Waals surface area (Å²) in [6.07, 6.45) is 17.2. The molecule has 27 heavy (non-hydrogen) atoms. The van der Waals surface area contributed by atoms with Crippen LogP contribution in [0.2, 0.25) is 0 Å². The van der Waals surface area contributed by atoms with Gasteiger partial charge in [-0.25, -0.2) is 8.42 Å². The van der Waals surface area contributed by atoms with Gasteiger partial charge >= 0.3 is 29.6 Å². The van der Waals surface area contributed by atoms with E-state index in [1.807, 2.05) is 6.92 Å². The minimum Gasteiger partial charge on any atom is -0.748 e. The van der Waals surface area contributed by atoms with Gasteiger partial charge < -0.3 is 9.66 Å². The second-order valence-corrected chi connectivity index (χ2v) is 9.48. The first-order valence-electron chi connectivity index (χ1n) is 11.0. The monoisotopic (exact) mass is 414 g/mol. The molecule has 0 aliphatic rings. The van der Waals surface area contributed by atoms with Crippen LogP contribution < -0.4 is 29.6 Å². The van der Waals surface area contributed by atoms with Crippen molar-refractivity contribution < 1.29 is 47.6 Å². The molecule has 0 fully saturated rings. The van der Waals surface area contributed by atoms with Crippen molar-refractivity contribution in [2.45, 2.75) is 134 Å². The van der Waals surface area contributed by atoms with Gasteiger partial charge in [0.2, 0.25) is 0 Å². The van der Waals surface area contributed by atoms with E-state index in [4.69, 9.17) is 0 Å². The summed E-state index contributed by atoms with van der Waals surface area (Å²) in [6.45, 7) is 4.22. The van der Waals surface area contributed by atoms with Crippen molar-refractivity contribution in [2.24, 2.45) is 0 Å². The summed E-state index contributed by atoms with van der Waals surface area (Å²) in [6, 6.07) is 0. The van der Waals surface area contributed by atoms with E-state index < -0.39 is 21.5 Å². The first kappa shape index (κ1) is 30.1. The molecule has 0 aromatic heterocycles. The molecule has 2 unspecified atom stereocenters. The van der Waals surface area contributed by atoms with Gasteiger partial charge in [-0.15, -0.1) is 0 Å². The molecular formula is C21H43NaO4S. The third kappa shape index (κ3) is 19.9. The van der Waals surface area contributed by atoms with Crippen molar-refractivity contribution >= 4 is 10.1 Å². The Kier molecular flexibility index (Phi) is 22.4. The van der Waals surface area contributed by atoms with E-state index in [9.17, 15) is 18.1 Å². The SMILES string of the molecule is CCCCCCCCCCCCCCC(O)CC(CCCC)S(=O)(=O)[O-].[Na+]. The van der Waals surface area contributed by atoms with E-state index >= 15 is 0 Å². The Morgan fingerprint density at radius 3 is 1.52 bits per heavy atom. The predicted octanol–water partition coefficient (Wildman–Crippen LogP) is 2.94. The molecule has 0 aromatic carbocycles. The zero-order valence-corrected chi connectivity index (χ0v) is 21.1. The summed E-state index contributed by atoms with van der Waals surface area (Å²) in [5.74, 6) is 0. The predicted molar refractivity (Wildman–Crippen MR) is 109 cm³/mol. The minimum absolute atomic E-state index is 0. The van der Waals surface area contributed by atoms with Crippen LogP contribution in [-0.2, 0) is 10.1 Å². The molecule has 6 heteroatoms. The van der Waals surface area contributed by atoms with Crippen LogP contribution in [0.4, 0.5) is 0 Å².